The lowest BCUT2D eigenvalue weighted by molar-refractivity contribution is 0.434. The second kappa shape index (κ2) is 6.24. The molecule has 100 valence electrons. The minimum Gasteiger partial charge on any atom is -0.508 e. The highest BCUT2D eigenvalue weighted by Crippen LogP contribution is 2.31. The van der Waals surface area contributed by atoms with Crippen LogP contribution in [0.2, 0.25) is 0 Å². The number of hydrogen-bond donors (Lipinski definition) is 2. The number of aromatic hydroxyl groups is 1. The van der Waals surface area contributed by atoms with Gasteiger partial charge in [0.25, 0.3) is 0 Å². The zero-order valence-electron chi connectivity index (χ0n) is 11.6. The summed E-state index contributed by atoms with van der Waals surface area (Å²) in [5.41, 5.74) is 2.71. The molecule has 2 heteroatoms. The Bertz CT molecular complexity index is 387. The first kappa shape index (κ1) is 13.4. The Hall–Kier alpha value is -1.02. The number of aryl methyl sites for hydroxylation is 1. The molecule has 0 heterocycles. The van der Waals surface area contributed by atoms with Crippen molar-refractivity contribution in [3.8, 4) is 5.75 Å². The molecule has 0 spiro atoms. The van der Waals surface area contributed by atoms with E-state index in [2.05, 4.69) is 25.2 Å². The Morgan fingerprint density at radius 3 is 3.00 bits per heavy atom. The van der Waals surface area contributed by atoms with Gasteiger partial charge in [-0.15, -0.1) is 0 Å². The summed E-state index contributed by atoms with van der Waals surface area (Å²) in [6.45, 7) is 5.65. The highest BCUT2D eigenvalue weighted by atomic mass is 16.3. The van der Waals surface area contributed by atoms with Gasteiger partial charge in [-0.05, 0) is 67.8 Å². The van der Waals surface area contributed by atoms with E-state index in [1.54, 1.807) is 0 Å². The Morgan fingerprint density at radius 2 is 2.22 bits per heavy atom. The summed E-state index contributed by atoms with van der Waals surface area (Å²) in [5, 5.41) is 13.2. The van der Waals surface area contributed by atoms with E-state index in [-0.39, 0.29) is 0 Å². The average Bonchev–Trinajstić information content (AvgIpc) is 2.34. The van der Waals surface area contributed by atoms with Crippen LogP contribution in [0.1, 0.15) is 56.7 Å². The van der Waals surface area contributed by atoms with Gasteiger partial charge in [-0.3, -0.25) is 0 Å². The fourth-order valence-electron chi connectivity index (χ4n) is 2.80. The van der Waals surface area contributed by atoms with Crippen molar-refractivity contribution in [2.45, 2.75) is 52.0 Å². The molecule has 0 amide bonds. The monoisotopic (exact) mass is 247 g/mol. The van der Waals surface area contributed by atoms with Crippen LogP contribution < -0.4 is 5.32 Å². The minimum atomic E-state index is 0.397. The normalized spacial score (nSPS) is 18.9. The van der Waals surface area contributed by atoms with E-state index in [1.807, 2.05) is 12.1 Å². The van der Waals surface area contributed by atoms with Crippen molar-refractivity contribution in [2.24, 2.45) is 5.92 Å². The summed E-state index contributed by atoms with van der Waals surface area (Å²) in [6.07, 6.45) is 6.09. The summed E-state index contributed by atoms with van der Waals surface area (Å²) in [4.78, 5) is 0. The van der Waals surface area contributed by atoms with Gasteiger partial charge in [0, 0.05) is 6.04 Å². The van der Waals surface area contributed by atoms with E-state index in [0.29, 0.717) is 11.8 Å². The molecular formula is C16H25NO. The molecule has 0 fully saturated rings. The Morgan fingerprint density at radius 1 is 1.39 bits per heavy atom. The van der Waals surface area contributed by atoms with Crippen LogP contribution in [0.15, 0.2) is 18.2 Å². The third kappa shape index (κ3) is 3.49. The largest absolute Gasteiger partial charge is 0.508 e. The molecular weight excluding hydrogens is 222 g/mol. The lowest BCUT2D eigenvalue weighted by Crippen LogP contribution is -2.26. The van der Waals surface area contributed by atoms with Gasteiger partial charge in [-0.25, -0.2) is 0 Å². The third-order valence-electron chi connectivity index (χ3n) is 3.79. The summed E-state index contributed by atoms with van der Waals surface area (Å²) in [7, 11) is 0. The topological polar surface area (TPSA) is 32.3 Å². The molecule has 0 aromatic heterocycles. The standard InChI is InChI=1S/C16H25NO/c1-12(2)5-4-10-17-16-7-3-6-13-11-14(18)8-9-15(13)16/h8-9,11-12,16-18H,3-7,10H2,1-2H3. The first-order chi connectivity index (χ1) is 8.66. The van der Waals surface area contributed by atoms with E-state index in [4.69, 9.17) is 0 Å². The maximum atomic E-state index is 9.53. The van der Waals surface area contributed by atoms with Gasteiger partial charge in [-0.2, -0.15) is 0 Å². The number of phenols is 1. The van der Waals surface area contributed by atoms with Crippen molar-refractivity contribution in [3.05, 3.63) is 29.3 Å². The lowest BCUT2D eigenvalue weighted by Gasteiger charge is -2.26. The summed E-state index contributed by atoms with van der Waals surface area (Å²) >= 11 is 0. The quantitative estimate of drug-likeness (QED) is 0.776. The number of benzene rings is 1. The van der Waals surface area contributed by atoms with Crippen LogP contribution in [-0.4, -0.2) is 11.7 Å². The number of hydrogen-bond acceptors (Lipinski definition) is 2. The molecule has 0 saturated carbocycles. The van der Waals surface area contributed by atoms with Gasteiger partial charge >= 0.3 is 0 Å². The molecule has 0 aliphatic heterocycles. The van der Waals surface area contributed by atoms with Crippen molar-refractivity contribution in [1.82, 2.24) is 5.32 Å². The Labute approximate surface area is 110 Å². The van der Waals surface area contributed by atoms with Crippen LogP contribution in [0.3, 0.4) is 0 Å². The van der Waals surface area contributed by atoms with Crippen LogP contribution in [0.5, 0.6) is 5.75 Å². The van der Waals surface area contributed by atoms with Crippen LogP contribution in [0.25, 0.3) is 0 Å². The van der Waals surface area contributed by atoms with Gasteiger partial charge < -0.3 is 10.4 Å². The van der Waals surface area contributed by atoms with Crippen LogP contribution in [0, 0.1) is 5.92 Å². The molecule has 2 N–H and O–H groups in total. The van der Waals surface area contributed by atoms with Crippen LogP contribution in [-0.2, 0) is 6.42 Å². The summed E-state index contributed by atoms with van der Waals surface area (Å²) in [6, 6.07) is 6.32. The molecule has 18 heavy (non-hydrogen) atoms. The van der Waals surface area contributed by atoms with Gasteiger partial charge in [0.1, 0.15) is 5.75 Å². The summed E-state index contributed by atoms with van der Waals surface area (Å²) < 4.78 is 0. The Balaban J connectivity index is 1.91. The number of phenolic OH excluding ortho intramolecular Hbond substituents is 1. The maximum Gasteiger partial charge on any atom is 0.115 e. The molecule has 1 aliphatic rings. The number of fused-ring (bicyclic) bond motifs is 1. The molecule has 0 saturated heterocycles. The van der Waals surface area contributed by atoms with Crippen molar-refractivity contribution in [1.29, 1.82) is 0 Å². The number of rotatable bonds is 5. The zero-order chi connectivity index (χ0) is 13.0. The van der Waals surface area contributed by atoms with Crippen molar-refractivity contribution in [2.75, 3.05) is 6.54 Å². The van der Waals surface area contributed by atoms with Crippen LogP contribution in [0.4, 0.5) is 0 Å². The molecule has 1 atom stereocenters. The molecule has 0 radical (unpaired) electrons. The first-order valence-corrected chi connectivity index (χ1v) is 7.22. The van der Waals surface area contributed by atoms with Crippen molar-refractivity contribution < 1.29 is 5.11 Å². The van der Waals surface area contributed by atoms with E-state index < -0.39 is 0 Å². The van der Waals surface area contributed by atoms with E-state index in [9.17, 15) is 5.11 Å². The average molecular weight is 247 g/mol. The summed E-state index contributed by atoms with van der Waals surface area (Å²) in [5.74, 6) is 1.19. The van der Waals surface area contributed by atoms with Gasteiger partial charge in [-0.1, -0.05) is 19.9 Å². The second-order valence-electron chi connectivity index (χ2n) is 5.82. The molecule has 1 aromatic carbocycles. The molecule has 2 nitrogen and oxygen atoms in total. The molecule has 1 aliphatic carbocycles. The van der Waals surface area contributed by atoms with Crippen LogP contribution >= 0.6 is 0 Å². The maximum absolute atomic E-state index is 9.53. The lowest BCUT2D eigenvalue weighted by atomic mass is 9.87. The highest BCUT2D eigenvalue weighted by molar-refractivity contribution is 5.38. The minimum absolute atomic E-state index is 0.397. The highest BCUT2D eigenvalue weighted by Gasteiger charge is 2.19. The smallest absolute Gasteiger partial charge is 0.115 e. The van der Waals surface area contributed by atoms with E-state index in [0.717, 1.165) is 18.9 Å². The van der Waals surface area contributed by atoms with E-state index in [1.165, 1.54) is 36.8 Å². The third-order valence-corrected chi connectivity index (χ3v) is 3.79. The fourth-order valence-corrected chi connectivity index (χ4v) is 2.80. The SMILES string of the molecule is CC(C)CCCNC1CCCc2cc(O)ccc21. The Kier molecular flexibility index (Phi) is 4.65. The fraction of sp³-hybridized carbons (Fsp3) is 0.625. The van der Waals surface area contributed by atoms with E-state index >= 15 is 0 Å². The number of nitrogens with one attached hydrogen (secondary N) is 1. The molecule has 1 unspecified atom stereocenters. The molecule has 1 aromatic rings. The zero-order valence-corrected chi connectivity index (χ0v) is 11.6. The molecule has 2 rings (SSSR count). The molecule has 0 bridgehead atoms. The van der Waals surface area contributed by atoms with Crippen molar-refractivity contribution in [3.63, 3.8) is 0 Å². The predicted octanol–water partition coefficient (Wildman–Crippen LogP) is 3.80. The van der Waals surface area contributed by atoms with Gasteiger partial charge in [0.15, 0.2) is 0 Å². The van der Waals surface area contributed by atoms with Gasteiger partial charge in [0.2, 0.25) is 0 Å². The second-order valence-corrected chi connectivity index (χ2v) is 5.82. The predicted molar refractivity (Wildman–Crippen MR) is 75.9 cm³/mol. The first-order valence-electron chi connectivity index (χ1n) is 7.22. The van der Waals surface area contributed by atoms with Crippen molar-refractivity contribution >= 4 is 0 Å². The van der Waals surface area contributed by atoms with Gasteiger partial charge in [0.05, 0.1) is 0 Å².